The molecule has 0 saturated carbocycles. The fourth-order valence-electron chi connectivity index (χ4n) is 1.58. The van der Waals surface area contributed by atoms with Gasteiger partial charge >= 0.3 is 0 Å². The monoisotopic (exact) mass is 275 g/mol. The summed E-state index contributed by atoms with van der Waals surface area (Å²) in [4.78, 5) is 6.44. The Morgan fingerprint density at radius 3 is 3.00 bits per heavy atom. The number of rotatable bonds is 2. The number of nitrogens with zero attached hydrogens (tertiary/aromatic N) is 2. The van der Waals surface area contributed by atoms with Gasteiger partial charge in [-0.3, -0.25) is 0 Å². The molecule has 3 nitrogen and oxygen atoms in total. The smallest absolute Gasteiger partial charge is 0.147 e. The third-order valence-corrected chi connectivity index (χ3v) is 3.19. The van der Waals surface area contributed by atoms with Crippen LogP contribution >= 0.6 is 27.5 Å². The molecule has 1 saturated heterocycles. The van der Waals surface area contributed by atoms with Gasteiger partial charge in [0.1, 0.15) is 5.82 Å². The zero-order valence-corrected chi connectivity index (χ0v) is 9.92. The van der Waals surface area contributed by atoms with Gasteiger partial charge in [-0.2, -0.15) is 0 Å². The van der Waals surface area contributed by atoms with E-state index in [0.717, 1.165) is 23.3 Å². The van der Waals surface area contributed by atoms with Gasteiger partial charge in [0.15, 0.2) is 0 Å². The molecule has 1 fully saturated rings. The van der Waals surface area contributed by atoms with Gasteiger partial charge in [-0.25, -0.2) is 4.98 Å². The highest BCUT2D eigenvalue weighted by molar-refractivity contribution is 9.10. The summed E-state index contributed by atoms with van der Waals surface area (Å²) in [7, 11) is 0. The zero-order valence-electron chi connectivity index (χ0n) is 7.58. The molecule has 0 aliphatic carbocycles. The SMILES string of the molecule is NCC1CCN1c1ncc(Br)cc1Cl. The molecule has 1 aromatic heterocycles. The van der Waals surface area contributed by atoms with Crippen molar-refractivity contribution in [2.24, 2.45) is 5.73 Å². The molecule has 1 aromatic rings. The molecule has 0 amide bonds. The molecule has 2 heterocycles. The number of nitrogens with two attached hydrogens (primary N) is 1. The van der Waals surface area contributed by atoms with Gasteiger partial charge in [0.25, 0.3) is 0 Å². The van der Waals surface area contributed by atoms with E-state index in [2.05, 4.69) is 25.8 Å². The highest BCUT2D eigenvalue weighted by Crippen LogP contribution is 2.31. The fraction of sp³-hybridized carbons (Fsp3) is 0.444. The maximum absolute atomic E-state index is 6.08. The minimum atomic E-state index is 0.404. The molecule has 0 bridgehead atoms. The minimum Gasteiger partial charge on any atom is -0.351 e. The van der Waals surface area contributed by atoms with E-state index in [1.807, 2.05) is 6.07 Å². The number of aromatic nitrogens is 1. The molecule has 5 heteroatoms. The maximum Gasteiger partial charge on any atom is 0.147 e. The summed E-state index contributed by atoms with van der Waals surface area (Å²) in [5.41, 5.74) is 5.62. The fourth-order valence-corrected chi connectivity index (χ4v) is 2.32. The molecular formula is C9H11BrClN3. The summed E-state index contributed by atoms with van der Waals surface area (Å²) < 4.78 is 0.899. The first-order chi connectivity index (χ1) is 6.72. The zero-order chi connectivity index (χ0) is 10.1. The predicted molar refractivity (Wildman–Crippen MR) is 61.8 cm³/mol. The first-order valence-electron chi connectivity index (χ1n) is 4.50. The van der Waals surface area contributed by atoms with Crippen LogP contribution < -0.4 is 10.6 Å². The van der Waals surface area contributed by atoms with Crippen LogP contribution in [0.2, 0.25) is 5.02 Å². The summed E-state index contributed by atoms with van der Waals surface area (Å²) in [5.74, 6) is 0.844. The quantitative estimate of drug-likeness (QED) is 0.899. The van der Waals surface area contributed by atoms with Crippen molar-refractivity contribution in [1.29, 1.82) is 0 Å². The van der Waals surface area contributed by atoms with Crippen molar-refractivity contribution >= 4 is 33.3 Å². The van der Waals surface area contributed by atoms with Gasteiger partial charge in [-0.1, -0.05) is 11.6 Å². The largest absolute Gasteiger partial charge is 0.351 e. The molecule has 0 aromatic carbocycles. The number of halogens is 2. The molecular weight excluding hydrogens is 265 g/mol. The van der Waals surface area contributed by atoms with Crippen LogP contribution in [0.4, 0.5) is 5.82 Å². The molecule has 2 rings (SSSR count). The van der Waals surface area contributed by atoms with Crippen molar-refractivity contribution < 1.29 is 0 Å². The Morgan fingerprint density at radius 1 is 1.71 bits per heavy atom. The summed E-state index contributed by atoms with van der Waals surface area (Å²) in [6.45, 7) is 1.66. The molecule has 2 N–H and O–H groups in total. The summed E-state index contributed by atoms with van der Waals surface area (Å²) in [6, 6.07) is 2.26. The molecule has 14 heavy (non-hydrogen) atoms. The van der Waals surface area contributed by atoms with Gasteiger partial charge < -0.3 is 10.6 Å². The average Bonchev–Trinajstić information content (AvgIpc) is 2.08. The lowest BCUT2D eigenvalue weighted by molar-refractivity contribution is 0.452. The standard InChI is InChI=1S/C9H11BrClN3/c10-6-3-8(11)9(13-5-6)14-2-1-7(14)4-12/h3,5,7H,1-2,4,12H2. The van der Waals surface area contributed by atoms with Gasteiger partial charge in [-0.05, 0) is 28.4 Å². The first-order valence-corrected chi connectivity index (χ1v) is 5.67. The minimum absolute atomic E-state index is 0.404. The van der Waals surface area contributed by atoms with E-state index in [0.29, 0.717) is 17.6 Å². The number of hydrogen-bond acceptors (Lipinski definition) is 3. The molecule has 0 radical (unpaired) electrons. The van der Waals surface area contributed by atoms with Gasteiger partial charge in [0.05, 0.1) is 5.02 Å². The van der Waals surface area contributed by atoms with E-state index in [-0.39, 0.29) is 0 Å². The second-order valence-electron chi connectivity index (χ2n) is 3.33. The van der Waals surface area contributed by atoms with E-state index >= 15 is 0 Å². The topological polar surface area (TPSA) is 42.1 Å². The second-order valence-corrected chi connectivity index (χ2v) is 4.65. The number of anilines is 1. The van der Waals surface area contributed by atoms with E-state index in [1.165, 1.54) is 0 Å². The first kappa shape index (κ1) is 10.2. The highest BCUT2D eigenvalue weighted by atomic mass is 79.9. The van der Waals surface area contributed by atoms with Gasteiger partial charge in [0.2, 0.25) is 0 Å². The van der Waals surface area contributed by atoms with Crippen LogP contribution in [0, 0.1) is 0 Å². The normalized spacial score (nSPS) is 20.8. The predicted octanol–water partition coefficient (Wildman–Crippen LogP) is 2.03. The maximum atomic E-state index is 6.08. The van der Waals surface area contributed by atoms with Crippen LogP contribution in [-0.2, 0) is 0 Å². The Hall–Kier alpha value is -0.320. The Bertz CT molecular complexity index is 343. The van der Waals surface area contributed by atoms with E-state index in [4.69, 9.17) is 17.3 Å². The van der Waals surface area contributed by atoms with Crippen molar-refractivity contribution in [3.05, 3.63) is 21.8 Å². The van der Waals surface area contributed by atoms with Crippen molar-refractivity contribution in [2.45, 2.75) is 12.5 Å². The average molecular weight is 277 g/mol. The summed E-state index contributed by atoms with van der Waals surface area (Å²) >= 11 is 9.41. The lowest BCUT2D eigenvalue weighted by Crippen LogP contribution is -2.52. The molecule has 1 aliphatic heterocycles. The van der Waals surface area contributed by atoms with E-state index in [9.17, 15) is 0 Å². The number of hydrogen-bond donors (Lipinski definition) is 1. The summed E-state index contributed by atoms with van der Waals surface area (Å²) in [6.07, 6.45) is 2.89. The Morgan fingerprint density at radius 2 is 2.50 bits per heavy atom. The molecule has 76 valence electrons. The van der Waals surface area contributed by atoms with Gasteiger partial charge in [0, 0.05) is 29.8 Å². The lowest BCUT2D eigenvalue weighted by atomic mass is 10.0. The van der Waals surface area contributed by atoms with Crippen LogP contribution in [0.1, 0.15) is 6.42 Å². The summed E-state index contributed by atoms with van der Waals surface area (Å²) in [5, 5.41) is 0.678. The van der Waals surface area contributed by atoms with E-state index < -0.39 is 0 Å². The highest BCUT2D eigenvalue weighted by Gasteiger charge is 2.29. The van der Waals surface area contributed by atoms with Crippen LogP contribution in [0.5, 0.6) is 0 Å². The van der Waals surface area contributed by atoms with Crippen LogP contribution in [0.3, 0.4) is 0 Å². The molecule has 1 aliphatic rings. The van der Waals surface area contributed by atoms with Crippen molar-refractivity contribution in [3.8, 4) is 0 Å². The van der Waals surface area contributed by atoms with Crippen LogP contribution in [0.25, 0.3) is 0 Å². The number of pyridine rings is 1. The Balaban J connectivity index is 2.24. The molecule has 1 atom stereocenters. The van der Waals surface area contributed by atoms with Gasteiger partial charge in [-0.15, -0.1) is 0 Å². The lowest BCUT2D eigenvalue weighted by Gasteiger charge is -2.41. The third kappa shape index (κ3) is 1.74. The Kier molecular flexibility index (Phi) is 2.95. The molecule has 1 unspecified atom stereocenters. The second kappa shape index (κ2) is 4.04. The third-order valence-electron chi connectivity index (χ3n) is 2.48. The van der Waals surface area contributed by atoms with Crippen LogP contribution in [-0.4, -0.2) is 24.1 Å². The van der Waals surface area contributed by atoms with Crippen molar-refractivity contribution in [3.63, 3.8) is 0 Å². The van der Waals surface area contributed by atoms with Crippen molar-refractivity contribution in [2.75, 3.05) is 18.0 Å². The van der Waals surface area contributed by atoms with Crippen LogP contribution in [0.15, 0.2) is 16.7 Å². The van der Waals surface area contributed by atoms with Crippen molar-refractivity contribution in [1.82, 2.24) is 4.98 Å². The van der Waals surface area contributed by atoms with E-state index in [1.54, 1.807) is 6.20 Å². The Labute approximate surface area is 96.4 Å². The molecule has 0 spiro atoms.